The number of nitrogen functional groups attached to an aromatic ring is 1. The summed E-state index contributed by atoms with van der Waals surface area (Å²) in [6, 6.07) is 5.29. The number of rotatable bonds is 6. The molecule has 5 heteroatoms. The molecule has 0 fully saturated rings. The number of amides is 1. The SMILES string of the molecule is Cc1ccc(N)cc1C(=O)N(C)CCOCCO. The molecule has 0 bridgehead atoms. The second-order valence-corrected chi connectivity index (χ2v) is 4.14. The van der Waals surface area contributed by atoms with Crippen LogP contribution in [0.3, 0.4) is 0 Å². The molecule has 0 aliphatic rings. The molecule has 3 N–H and O–H groups in total. The van der Waals surface area contributed by atoms with Gasteiger partial charge in [-0.25, -0.2) is 0 Å². The lowest BCUT2D eigenvalue weighted by Crippen LogP contribution is -2.31. The van der Waals surface area contributed by atoms with Crippen LogP contribution < -0.4 is 5.73 Å². The van der Waals surface area contributed by atoms with Gasteiger partial charge < -0.3 is 20.5 Å². The molecule has 0 saturated carbocycles. The van der Waals surface area contributed by atoms with Crippen LogP contribution in [-0.4, -0.2) is 49.3 Å². The highest BCUT2D eigenvalue weighted by atomic mass is 16.5. The van der Waals surface area contributed by atoms with Crippen LogP contribution in [0.15, 0.2) is 18.2 Å². The Kier molecular flexibility index (Phi) is 5.61. The van der Waals surface area contributed by atoms with Crippen LogP contribution in [0.2, 0.25) is 0 Å². The third-order valence-electron chi connectivity index (χ3n) is 2.65. The number of aliphatic hydroxyl groups is 1. The van der Waals surface area contributed by atoms with Crippen molar-refractivity contribution in [3.63, 3.8) is 0 Å². The summed E-state index contributed by atoms with van der Waals surface area (Å²) in [7, 11) is 1.72. The molecule has 0 aliphatic heterocycles. The average Bonchev–Trinajstić information content (AvgIpc) is 2.36. The summed E-state index contributed by atoms with van der Waals surface area (Å²) in [6.45, 7) is 3.05. The van der Waals surface area contributed by atoms with Crippen molar-refractivity contribution in [3.8, 4) is 0 Å². The number of nitrogens with two attached hydrogens (primary N) is 1. The minimum atomic E-state index is -0.0765. The van der Waals surface area contributed by atoms with Gasteiger partial charge in [0, 0.05) is 24.8 Å². The zero-order chi connectivity index (χ0) is 13.5. The summed E-state index contributed by atoms with van der Waals surface area (Å²) < 4.78 is 5.12. The third-order valence-corrected chi connectivity index (χ3v) is 2.65. The van der Waals surface area contributed by atoms with Crippen LogP contribution >= 0.6 is 0 Å². The van der Waals surface area contributed by atoms with E-state index in [1.165, 1.54) is 0 Å². The van der Waals surface area contributed by atoms with Crippen molar-refractivity contribution in [2.24, 2.45) is 0 Å². The number of hydrogen-bond donors (Lipinski definition) is 2. The molecule has 100 valence electrons. The number of hydrogen-bond acceptors (Lipinski definition) is 4. The Morgan fingerprint density at radius 2 is 2.17 bits per heavy atom. The second kappa shape index (κ2) is 6.98. The molecule has 18 heavy (non-hydrogen) atoms. The van der Waals surface area contributed by atoms with E-state index < -0.39 is 0 Å². The Morgan fingerprint density at radius 1 is 1.44 bits per heavy atom. The lowest BCUT2D eigenvalue weighted by molar-refractivity contribution is 0.0618. The Morgan fingerprint density at radius 3 is 2.83 bits per heavy atom. The first-order valence-corrected chi connectivity index (χ1v) is 5.86. The monoisotopic (exact) mass is 252 g/mol. The summed E-state index contributed by atoms with van der Waals surface area (Å²) in [5.74, 6) is -0.0765. The highest BCUT2D eigenvalue weighted by Gasteiger charge is 2.14. The van der Waals surface area contributed by atoms with Crippen molar-refractivity contribution in [2.45, 2.75) is 6.92 Å². The molecule has 5 nitrogen and oxygen atoms in total. The quantitative estimate of drug-likeness (QED) is 0.576. The van der Waals surface area contributed by atoms with E-state index in [-0.39, 0.29) is 12.5 Å². The fraction of sp³-hybridized carbons (Fsp3) is 0.462. The molecule has 0 aliphatic carbocycles. The van der Waals surface area contributed by atoms with Crippen LogP contribution in [0, 0.1) is 6.92 Å². The van der Waals surface area contributed by atoms with Gasteiger partial charge in [-0.2, -0.15) is 0 Å². The first-order chi connectivity index (χ1) is 8.56. The number of carbonyl (C=O) groups excluding carboxylic acids is 1. The summed E-state index contributed by atoms with van der Waals surface area (Å²) in [5, 5.41) is 8.57. The number of carbonyl (C=O) groups is 1. The van der Waals surface area contributed by atoms with E-state index in [4.69, 9.17) is 15.6 Å². The van der Waals surface area contributed by atoms with E-state index in [9.17, 15) is 4.79 Å². The van der Waals surface area contributed by atoms with E-state index >= 15 is 0 Å². The van der Waals surface area contributed by atoms with Crippen molar-refractivity contribution in [1.29, 1.82) is 0 Å². The molecule has 0 radical (unpaired) electrons. The molecule has 0 spiro atoms. The van der Waals surface area contributed by atoms with E-state index in [2.05, 4.69) is 0 Å². The first kappa shape index (κ1) is 14.5. The normalized spacial score (nSPS) is 10.4. The lowest BCUT2D eigenvalue weighted by atomic mass is 10.1. The number of likely N-dealkylation sites (N-methyl/N-ethyl adjacent to an activating group) is 1. The van der Waals surface area contributed by atoms with E-state index in [1.807, 2.05) is 13.0 Å². The van der Waals surface area contributed by atoms with Crippen molar-refractivity contribution in [3.05, 3.63) is 29.3 Å². The number of ether oxygens (including phenoxy) is 1. The minimum absolute atomic E-state index is 0.00795. The molecule has 0 heterocycles. The summed E-state index contributed by atoms with van der Waals surface area (Å²) in [4.78, 5) is 13.7. The van der Waals surface area contributed by atoms with Crippen molar-refractivity contribution >= 4 is 11.6 Å². The van der Waals surface area contributed by atoms with Gasteiger partial charge in [0.05, 0.1) is 19.8 Å². The standard InChI is InChI=1S/C13H20N2O3/c1-10-3-4-11(14)9-12(10)13(17)15(2)5-7-18-8-6-16/h3-4,9,16H,5-8,14H2,1-2H3. The summed E-state index contributed by atoms with van der Waals surface area (Å²) >= 11 is 0. The number of aryl methyl sites for hydroxylation is 1. The second-order valence-electron chi connectivity index (χ2n) is 4.14. The zero-order valence-corrected chi connectivity index (χ0v) is 10.8. The molecule has 0 aromatic heterocycles. The highest BCUT2D eigenvalue weighted by Crippen LogP contribution is 2.14. The molecule has 1 aromatic rings. The van der Waals surface area contributed by atoms with Crippen molar-refractivity contribution in [1.82, 2.24) is 4.90 Å². The predicted molar refractivity (Wildman–Crippen MR) is 70.5 cm³/mol. The molecule has 1 rings (SSSR count). The van der Waals surface area contributed by atoms with E-state index in [0.717, 1.165) is 5.56 Å². The topological polar surface area (TPSA) is 75.8 Å². The van der Waals surface area contributed by atoms with Gasteiger partial charge >= 0.3 is 0 Å². The van der Waals surface area contributed by atoms with Gasteiger partial charge in [0.1, 0.15) is 0 Å². The number of anilines is 1. The average molecular weight is 252 g/mol. The number of aliphatic hydroxyl groups excluding tert-OH is 1. The molecule has 0 unspecified atom stereocenters. The van der Waals surface area contributed by atoms with Crippen LogP contribution in [0.5, 0.6) is 0 Å². The molecule has 1 amide bonds. The van der Waals surface area contributed by atoms with E-state index in [1.54, 1.807) is 24.1 Å². The first-order valence-electron chi connectivity index (χ1n) is 5.86. The Balaban J connectivity index is 2.60. The minimum Gasteiger partial charge on any atom is -0.399 e. The molecule has 0 saturated heterocycles. The van der Waals surface area contributed by atoms with Gasteiger partial charge in [0.2, 0.25) is 0 Å². The Labute approximate surface area is 107 Å². The summed E-state index contributed by atoms with van der Waals surface area (Å²) in [6.07, 6.45) is 0. The maximum atomic E-state index is 12.1. The van der Waals surface area contributed by atoms with Crippen LogP contribution in [0.1, 0.15) is 15.9 Å². The van der Waals surface area contributed by atoms with Crippen LogP contribution in [-0.2, 0) is 4.74 Å². The number of benzene rings is 1. The van der Waals surface area contributed by atoms with Crippen molar-refractivity contribution in [2.75, 3.05) is 39.1 Å². The fourth-order valence-corrected chi connectivity index (χ4v) is 1.55. The molecular formula is C13H20N2O3. The third kappa shape index (κ3) is 4.01. The summed E-state index contributed by atoms with van der Waals surface area (Å²) in [5.41, 5.74) is 7.77. The fourth-order valence-electron chi connectivity index (χ4n) is 1.55. The highest BCUT2D eigenvalue weighted by molar-refractivity contribution is 5.96. The smallest absolute Gasteiger partial charge is 0.254 e. The number of nitrogens with zero attached hydrogens (tertiary/aromatic N) is 1. The van der Waals surface area contributed by atoms with Crippen LogP contribution in [0.4, 0.5) is 5.69 Å². The zero-order valence-electron chi connectivity index (χ0n) is 10.8. The molecular weight excluding hydrogens is 232 g/mol. The van der Waals surface area contributed by atoms with Gasteiger partial charge in [-0.05, 0) is 24.6 Å². The maximum absolute atomic E-state index is 12.1. The Bertz CT molecular complexity index is 407. The van der Waals surface area contributed by atoms with E-state index in [0.29, 0.717) is 31.0 Å². The van der Waals surface area contributed by atoms with Gasteiger partial charge in [0.25, 0.3) is 5.91 Å². The molecule has 0 atom stereocenters. The molecule has 1 aromatic carbocycles. The largest absolute Gasteiger partial charge is 0.399 e. The lowest BCUT2D eigenvalue weighted by Gasteiger charge is -2.18. The van der Waals surface area contributed by atoms with Crippen LogP contribution in [0.25, 0.3) is 0 Å². The maximum Gasteiger partial charge on any atom is 0.254 e. The van der Waals surface area contributed by atoms with Gasteiger partial charge in [-0.15, -0.1) is 0 Å². The predicted octanol–water partition coefficient (Wildman–Crippen LogP) is 0.658. The Hall–Kier alpha value is -1.59. The van der Waals surface area contributed by atoms with Gasteiger partial charge in [-0.3, -0.25) is 4.79 Å². The van der Waals surface area contributed by atoms with Crippen molar-refractivity contribution < 1.29 is 14.6 Å². The van der Waals surface area contributed by atoms with Gasteiger partial charge in [0.15, 0.2) is 0 Å². The van der Waals surface area contributed by atoms with Gasteiger partial charge in [-0.1, -0.05) is 6.07 Å².